The molecule has 1 aliphatic carbocycles. The number of hydrogen-bond acceptors (Lipinski definition) is 6. The van der Waals surface area contributed by atoms with Crippen molar-refractivity contribution >= 4 is 21.5 Å². The first kappa shape index (κ1) is 22.6. The molecule has 1 heterocycles. The molecule has 7 rings (SSSR count). The Kier molecular flexibility index (Phi) is 4.89. The highest BCUT2D eigenvalue weighted by Gasteiger charge is 2.36. The number of benzene rings is 5. The van der Waals surface area contributed by atoms with Crippen molar-refractivity contribution in [3.8, 4) is 56.8 Å². The van der Waals surface area contributed by atoms with E-state index in [1.54, 1.807) is 0 Å². The lowest BCUT2D eigenvalue weighted by molar-refractivity contribution is 0.164. The number of ether oxygens (including phenoxy) is 1. The molecule has 5 aromatic rings. The summed E-state index contributed by atoms with van der Waals surface area (Å²) in [4.78, 5) is 0. The Hall–Kier alpha value is -4.58. The molecule has 5 N–H and O–H groups in total. The second-order valence-electron chi connectivity index (χ2n) is 10.3. The summed E-state index contributed by atoms with van der Waals surface area (Å²) in [6, 6.07) is 21.7. The fourth-order valence-electron chi connectivity index (χ4n) is 6.49. The predicted molar refractivity (Wildman–Crippen MR) is 146 cm³/mol. The van der Waals surface area contributed by atoms with Crippen molar-refractivity contribution in [2.24, 2.45) is 0 Å². The van der Waals surface area contributed by atoms with Crippen molar-refractivity contribution in [2.45, 2.75) is 37.7 Å². The van der Waals surface area contributed by atoms with E-state index in [9.17, 15) is 25.5 Å². The maximum absolute atomic E-state index is 10.9. The molecule has 0 amide bonds. The minimum Gasteiger partial charge on any atom is -0.504 e. The monoisotopic (exact) mass is 506 g/mol. The summed E-state index contributed by atoms with van der Waals surface area (Å²) in [7, 11) is 0. The Bertz CT molecular complexity index is 1690. The van der Waals surface area contributed by atoms with Crippen LogP contribution in [-0.2, 0) is 0 Å². The third-order valence-electron chi connectivity index (χ3n) is 8.23. The van der Waals surface area contributed by atoms with Gasteiger partial charge >= 0.3 is 0 Å². The molecule has 2 atom stereocenters. The molecule has 38 heavy (non-hydrogen) atoms. The van der Waals surface area contributed by atoms with E-state index in [1.807, 2.05) is 48.5 Å². The van der Waals surface area contributed by atoms with Crippen molar-refractivity contribution < 1.29 is 30.3 Å². The van der Waals surface area contributed by atoms with Crippen LogP contribution in [0.25, 0.3) is 43.8 Å². The molecule has 5 aromatic carbocycles. The number of phenolic OH excluding ortho intramolecular Hbond substituents is 5. The second kappa shape index (κ2) is 8.21. The van der Waals surface area contributed by atoms with E-state index in [-0.39, 0.29) is 11.7 Å². The Balaban J connectivity index is 1.56. The molecule has 6 nitrogen and oxygen atoms in total. The zero-order valence-electron chi connectivity index (χ0n) is 20.5. The zero-order valence-corrected chi connectivity index (χ0v) is 20.5. The van der Waals surface area contributed by atoms with Crippen molar-refractivity contribution in [1.29, 1.82) is 0 Å². The SMILES string of the molecule is Oc1c(O)c(O)c(-c2c3ccccc3c(-c3ccc4c(c3)C3CCCCC3O4)c3ccccc23)c(O)c1O. The van der Waals surface area contributed by atoms with Gasteiger partial charge in [0.25, 0.3) is 0 Å². The molecule has 1 fully saturated rings. The van der Waals surface area contributed by atoms with Gasteiger partial charge in [0.2, 0.25) is 17.2 Å². The minimum absolute atomic E-state index is 0.149. The highest BCUT2D eigenvalue weighted by atomic mass is 16.5. The number of rotatable bonds is 2. The standard InChI is InChI=1S/C32H26O6/c33-28-27(29(34)31(36)32(37)30(28)35)26-20-10-3-1-8-18(20)25(19-9-2-4-11-21(19)26)16-13-14-24-22(15-16)17-7-5-6-12-23(17)38-24/h1-4,8-11,13-15,17,23,33-37H,5-7,12H2. The van der Waals surface area contributed by atoms with Gasteiger partial charge in [0.05, 0.1) is 5.56 Å². The van der Waals surface area contributed by atoms with E-state index in [1.165, 1.54) is 18.4 Å². The summed E-state index contributed by atoms with van der Waals surface area (Å²) in [6.45, 7) is 0. The van der Waals surface area contributed by atoms with E-state index in [4.69, 9.17) is 4.74 Å². The minimum atomic E-state index is -0.977. The number of aromatic hydroxyl groups is 5. The van der Waals surface area contributed by atoms with Gasteiger partial charge in [-0.25, -0.2) is 0 Å². The lowest BCUT2D eigenvalue weighted by atomic mass is 9.81. The quantitative estimate of drug-likeness (QED) is 0.0978. The van der Waals surface area contributed by atoms with Gasteiger partial charge < -0.3 is 30.3 Å². The van der Waals surface area contributed by atoms with E-state index in [0.717, 1.165) is 40.5 Å². The zero-order chi connectivity index (χ0) is 26.1. The molecule has 1 saturated carbocycles. The van der Waals surface area contributed by atoms with Gasteiger partial charge in [-0.15, -0.1) is 0 Å². The van der Waals surface area contributed by atoms with Crippen molar-refractivity contribution in [2.75, 3.05) is 0 Å². The lowest BCUT2D eigenvalue weighted by Gasteiger charge is -2.24. The molecule has 0 saturated heterocycles. The van der Waals surface area contributed by atoms with Crippen LogP contribution in [0.5, 0.6) is 34.5 Å². The molecular formula is C32H26O6. The summed E-state index contributed by atoms with van der Waals surface area (Å²) < 4.78 is 6.29. The maximum Gasteiger partial charge on any atom is 0.208 e. The summed E-state index contributed by atoms with van der Waals surface area (Å²) in [6.07, 6.45) is 4.84. The van der Waals surface area contributed by atoms with Gasteiger partial charge in [-0.05, 0) is 64.1 Å². The van der Waals surface area contributed by atoms with Crippen LogP contribution in [-0.4, -0.2) is 31.6 Å². The molecular weight excluding hydrogens is 480 g/mol. The third kappa shape index (κ3) is 3.06. The van der Waals surface area contributed by atoms with Crippen LogP contribution in [0.2, 0.25) is 0 Å². The largest absolute Gasteiger partial charge is 0.504 e. The molecule has 2 unspecified atom stereocenters. The molecule has 6 heteroatoms. The number of phenols is 5. The average Bonchev–Trinajstić information content (AvgIpc) is 3.33. The van der Waals surface area contributed by atoms with Gasteiger partial charge in [0.15, 0.2) is 11.5 Å². The van der Waals surface area contributed by atoms with Crippen molar-refractivity contribution in [1.82, 2.24) is 0 Å². The van der Waals surface area contributed by atoms with Crippen LogP contribution >= 0.6 is 0 Å². The topological polar surface area (TPSA) is 110 Å². The molecule has 0 bridgehead atoms. The Morgan fingerprint density at radius 3 is 1.68 bits per heavy atom. The van der Waals surface area contributed by atoms with Crippen molar-refractivity contribution in [3.63, 3.8) is 0 Å². The van der Waals surface area contributed by atoms with E-state index < -0.39 is 28.7 Å². The van der Waals surface area contributed by atoms with E-state index in [2.05, 4.69) is 18.2 Å². The first-order valence-electron chi connectivity index (χ1n) is 12.9. The maximum atomic E-state index is 10.9. The van der Waals surface area contributed by atoms with Gasteiger partial charge in [-0.2, -0.15) is 0 Å². The molecule has 0 aromatic heterocycles. The summed E-state index contributed by atoms with van der Waals surface area (Å²) in [5.41, 5.74) is 3.59. The summed E-state index contributed by atoms with van der Waals surface area (Å²) >= 11 is 0. The van der Waals surface area contributed by atoms with Crippen LogP contribution < -0.4 is 4.74 Å². The Labute approximate surface area is 218 Å². The molecule has 1 aliphatic heterocycles. The van der Waals surface area contributed by atoms with Crippen LogP contribution in [0.1, 0.15) is 37.2 Å². The molecule has 0 radical (unpaired) electrons. The second-order valence-corrected chi connectivity index (χ2v) is 10.3. The van der Waals surface area contributed by atoms with Gasteiger partial charge in [0.1, 0.15) is 11.9 Å². The van der Waals surface area contributed by atoms with Crippen LogP contribution in [0.15, 0.2) is 66.7 Å². The number of hydrogen-bond donors (Lipinski definition) is 5. The first-order valence-corrected chi connectivity index (χ1v) is 12.9. The van der Waals surface area contributed by atoms with Crippen LogP contribution in [0, 0.1) is 0 Å². The lowest BCUT2D eigenvalue weighted by Crippen LogP contribution is -2.22. The predicted octanol–water partition coefficient (Wildman–Crippen LogP) is 7.27. The molecule has 0 spiro atoms. The first-order chi connectivity index (χ1) is 18.5. The average molecular weight is 507 g/mol. The highest BCUT2D eigenvalue weighted by molar-refractivity contribution is 6.22. The molecule has 2 aliphatic rings. The Morgan fingerprint density at radius 1 is 0.553 bits per heavy atom. The van der Waals surface area contributed by atoms with Crippen LogP contribution in [0.4, 0.5) is 0 Å². The normalized spacial score (nSPS) is 18.3. The fraction of sp³-hybridized carbons (Fsp3) is 0.188. The summed E-state index contributed by atoms with van der Waals surface area (Å²) in [5, 5.41) is 55.6. The van der Waals surface area contributed by atoms with Crippen LogP contribution in [0.3, 0.4) is 0 Å². The fourth-order valence-corrected chi connectivity index (χ4v) is 6.49. The van der Waals surface area contributed by atoms with Gasteiger partial charge in [-0.1, -0.05) is 61.0 Å². The van der Waals surface area contributed by atoms with Crippen molar-refractivity contribution in [3.05, 3.63) is 72.3 Å². The smallest absolute Gasteiger partial charge is 0.208 e. The van der Waals surface area contributed by atoms with Gasteiger partial charge in [-0.3, -0.25) is 0 Å². The van der Waals surface area contributed by atoms with Gasteiger partial charge in [0, 0.05) is 17.0 Å². The third-order valence-corrected chi connectivity index (χ3v) is 8.23. The highest BCUT2D eigenvalue weighted by Crippen LogP contribution is 2.58. The Morgan fingerprint density at radius 2 is 1.08 bits per heavy atom. The summed E-state index contributed by atoms with van der Waals surface area (Å²) in [5.74, 6) is -2.83. The molecule has 190 valence electrons. The van der Waals surface area contributed by atoms with E-state index >= 15 is 0 Å². The van der Waals surface area contributed by atoms with E-state index in [0.29, 0.717) is 22.3 Å². The number of fused-ring (bicyclic) bond motifs is 5.